The maximum Gasteiger partial charge on any atom is 0.238 e. The molecule has 0 amide bonds. The number of hydrogen-bond donors (Lipinski definition) is 0. The van der Waals surface area contributed by atoms with Crippen molar-refractivity contribution in [2.24, 2.45) is 0 Å². The van der Waals surface area contributed by atoms with Gasteiger partial charge < -0.3 is 0 Å². The van der Waals surface area contributed by atoms with Crippen LogP contribution >= 0.6 is 0 Å². The third-order valence-corrected chi connectivity index (χ3v) is 11.7. The quantitative estimate of drug-likeness (QED) is 0.180. The van der Waals surface area contributed by atoms with Crippen LogP contribution in [-0.4, -0.2) is 27.9 Å². The number of fused-ring (bicyclic) bond motifs is 6. The maximum absolute atomic E-state index is 13.7. The van der Waals surface area contributed by atoms with E-state index in [4.69, 9.17) is 15.0 Å². The first-order valence-electron chi connectivity index (χ1n) is 17.0. The first-order valence-corrected chi connectivity index (χ1v) is 18.5. The standard InChI is InChI=1S/C45H28N4O2S/c50-52(51)41-18-10-8-16-36(41)37-25-23-34(28-42(37)52)44-46-43(32-21-19-31(20-22-32)29-11-3-1-4-12-29)47-45(48-44)49-39-17-9-7-15-35(39)38-27-33(24-26-40(38)49)30-13-5-2-6-14-30/h1-28H. The van der Waals surface area contributed by atoms with Crippen LogP contribution in [0.5, 0.6) is 0 Å². The van der Waals surface area contributed by atoms with Gasteiger partial charge in [0.15, 0.2) is 11.6 Å². The maximum atomic E-state index is 13.7. The Morgan fingerprint density at radius 2 is 0.923 bits per heavy atom. The molecule has 1 aliphatic heterocycles. The Labute approximate surface area is 300 Å². The molecular formula is C45H28N4O2S. The van der Waals surface area contributed by atoms with Crippen molar-refractivity contribution >= 4 is 31.6 Å². The monoisotopic (exact) mass is 688 g/mol. The molecule has 1 aliphatic rings. The molecule has 6 nitrogen and oxygen atoms in total. The fourth-order valence-corrected chi connectivity index (χ4v) is 9.02. The van der Waals surface area contributed by atoms with Crippen LogP contribution in [0.1, 0.15) is 0 Å². The molecule has 0 atom stereocenters. The van der Waals surface area contributed by atoms with Crippen molar-refractivity contribution in [3.8, 4) is 62.1 Å². The minimum absolute atomic E-state index is 0.257. The molecule has 0 N–H and O–H groups in total. The summed E-state index contributed by atoms with van der Waals surface area (Å²) in [5.74, 6) is 1.31. The highest BCUT2D eigenvalue weighted by atomic mass is 32.2. The molecule has 0 saturated carbocycles. The van der Waals surface area contributed by atoms with Gasteiger partial charge in [0, 0.05) is 33.0 Å². The smallest absolute Gasteiger partial charge is 0.238 e. The predicted octanol–water partition coefficient (Wildman–Crippen LogP) is 10.4. The fraction of sp³-hybridized carbons (Fsp3) is 0. The topological polar surface area (TPSA) is 77.7 Å². The van der Waals surface area contributed by atoms with Crippen molar-refractivity contribution in [1.29, 1.82) is 0 Å². The molecule has 10 rings (SSSR count). The number of nitrogens with zero attached hydrogens (tertiary/aromatic N) is 4. The van der Waals surface area contributed by atoms with E-state index in [-0.39, 0.29) is 4.90 Å². The van der Waals surface area contributed by atoms with Crippen LogP contribution < -0.4 is 0 Å². The molecule has 3 heterocycles. The van der Waals surface area contributed by atoms with E-state index in [1.165, 1.54) is 0 Å². The lowest BCUT2D eigenvalue weighted by molar-refractivity contribution is 0.598. The van der Waals surface area contributed by atoms with E-state index >= 15 is 0 Å². The van der Waals surface area contributed by atoms with Gasteiger partial charge in [0.2, 0.25) is 15.8 Å². The number of hydrogen-bond acceptors (Lipinski definition) is 5. The number of aromatic nitrogens is 4. The summed E-state index contributed by atoms with van der Waals surface area (Å²) in [6.45, 7) is 0. The third kappa shape index (κ3) is 4.78. The van der Waals surface area contributed by atoms with Crippen LogP contribution in [-0.2, 0) is 9.84 Å². The Hall–Kier alpha value is -6.70. The summed E-state index contributed by atoms with van der Waals surface area (Å²) in [6.07, 6.45) is 0. The highest BCUT2D eigenvalue weighted by molar-refractivity contribution is 7.92. The van der Waals surface area contributed by atoms with Crippen molar-refractivity contribution in [1.82, 2.24) is 19.5 Å². The lowest BCUT2D eigenvalue weighted by Gasteiger charge is -2.12. The summed E-state index contributed by atoms with van der Waals surface area (Å²) < 4.78 is 29.5. The average Bonchev–Trinajstić information content (AvgIpc) is 3.66. The van der Waals surface area contributed by atoms with Gasteiger partial charge in [-0.3, -0.25) is 4.57 Å². The molecule has 0 aliphatic carbocycles. The second kappa shape index (κ2) is 11.7. The van der Waals surface area contributed by atoms with Gasteiger partial charge in [0.25, 0.3) is 0 Å². The molecule has 0 fully saturated rings. The molecule has 0 saturated heterocycles. The van der Waals surface area contributed by atoms with Crippen molar-refractivity contribution < 1.29 is 8.42 Å². The molecule has 0 spiro atoms. The van der Waals surface area contributed by atoms with Crippen LogP contribution in [0.3, 0.4) is 0 Å². The Morgan fingerprint density at radius 3 is 1.69 bits per heavy atom. The Bertz CT molecular complexity index is 2960. The van der Waals surface area contributed by atoms with Gasteiger partial charge in [-0.1, -0.05) is 140 Å². The fourth-order valence-electron chi connectivity index (χ4n) is 7.31. The van der Waals surface area contributed by atoms with Crippen molar-refractivity contribution in [3.05, 3.63) is 170 Å². The van der Waals surface area contributed by atoms with Gasteiger partial charge in [-0.15, -0.1) is 0 Å². The lowest BCUT2D eigenvalue weighted by atomic mass is 10.0. The zero-order valence-corrected chi connectivity index (χ0v) is 28.5. The number of sulfone groups is 1. The van der Waals surface area contributed by atoms with E-state index in [1.807, 2.05) is 84.9 Å². The second-order valence-corrected chi connectivity index (χ2v) is 14.8. The summed E-state index contributed by atoms with van der Waals surface area (Å²) in [4.78, 5) is 15.8. The normalized spacial score (nSPS) is 12.9. The second-order valence-electron chi connectivity index (χ2n) is 12.9. The predicted molar refractivity (Wildman–Crippen MR) is 207 cm³/mol. The van der Waals surface area contributed by atoms with Crippen LogP contribution in [0.2, 0.25) is 0 Å². The van der Waals surface area contributed by atoms with E-state index in [9.17, 15) is 8.42 Å². The van der Waals surface area contributed by atoms with Crippen LogP contribution in [0.15, 0.2) is 180 Å². The molecule has 0 bridgehead atoms. The Balaban J connectivity index is 1.19. The molecule has 7 heteroatoms. The molecule has 2 aromatic heterocycles. The summed E-state index contributed by atoms with van der Waals surface area (Å²) in [7, 11) is -3.70. The van der Waals surface area contributed by atoms with E-state index in [1.54, 1.807) is 18.2 Å². The number of rotatable bonds is 5. The third-order valence-electron chi connectivity index (χ3n) is 9.85. The minimum Gasteiger partial charge on any atom is -0.278 e. The van der Waals surface area contributed by atoms with Crippen molar-refractivity contribution in [2.45, 2.75) is 9.79 Å². The first-order chi connectivity index (χ1) is 25.5. The summed E-state index contributed by atoms with van der Waals surface area (Å²) in [5, 5.41) is 2.15. The highest BCUT2D eigenvalue weighted by Crippen LogP contribution is 2.44. The lowest BCUT2D eigenvalue weighted by Crippen LogP contribution is -2.06. The van der Waals surface area contributed by atoms with Crippen LogP contribution in [0, 0.1) is 0 Å². The van der Waals surface area contributed by atoms with Crippen LogP contribution in [0.4, 0.5) is 0 Å². The van der Waals surface area contributed by atoms with Gasteiger partial charge in [0.05, 0.1) is 20.8 Å². The molecule has 0 radical (unpaired) electrons. The average molecular weight is 689 g/mol. The van der Waals surface area contributed by atoms with Gasteiger partial charge in [-0.2, -0.15) is 9.97 Å². The molecule has 246 valence electrons. The summed E-state index contributed by atoms with van der Waals surface area (Å²) >= 11 is 0. The van der Waals surface area contributed by atoms with Crippen molar-refractivity contribution in [2.75, 3.05) is 0 Å². The van der Waals surface area contributed by atoms with Gasteiger partial charge in [0.1, 0.15) is 0 Å². The van der Waals surface area contributed by atoms with Gasteiger partial charge in [-0.05, 0) is 52.6 Å². The zero-order chi connectivity index (χ0) is 34.8. The molecular weight excluding hydrogens is 661 g/mol. The molecule has 52 heavy (non-hydrogen) atoms. The summed E-state index contributed by atoms with van der Waals surface area (Å²) in [5.41, 5.74) is 9.16. The van der Waals surface area contributed by atoms with E-state index in [0.29, 0.717) is 39.2 Å². The Kier molecular flexibility index (Phi) is 6.78. The van der Waals surface area contributed by atoms with Gasteiger partial charge in [-0.25, -0.2) is 13.4 Å². The van der Waals surface area contributed by atoms with Crippen LogP contribution in [0.25, 0.3) is 83.9 Å². The number of para-hydroxylation sites is 1. The SMILES string of the molecule is O=S1(=O)c2ccccc2-c2ccc(-c3nc(-c4ccc(-c5ccccc5)cc4)nc(-n4c5ccccc5c5cc(-c6ccccc6)ccc54)n3)cc21. The number of benzene rings is 7. The van der Waals surface area contributed by atoms with Gasteiger partial charge >= 0.3 is 0 Å². The molecule has 0 unspecified atom stereocenters. The van der Waals surface area contributed by atoms with E-state index < -0.39 is 9.84 Å². The first kappa shape index (κ1) is 30.2. The highest BCUT2D eigenvalue weighted by Gasteiger charge is 2.33. The van der Waals surface area contributed by atoms with E-state index in [0.717, 1.165) is 49.6 Å². The Morgan fingerprint density at radius 1 is 0.385 bits per heavy atom. The molecule has 9 aromatic rings. The molecule has 7 aromatic carbocycles. The largest absolute Gasteiger partial charge is 0.278 e. The minimum atomic E-state index is -3.70. The summed E-state index contributed by atoms with van der Waals surface area (Å²) in [6, 6.07) is 56.1. The zero-order valence-electron chi connectivity index (χ0n) is 27.7. The van der Waals surface area contributed by atoms with E-state index in [2.05, 4.69) is 71.3 Å². The van der Waals surface area contributed by atoms with Crippen molar-refractivity contribution in [3.63, 3.8) is 0 Å².